The second kappa shape index (κ2) is 5.59. The van der Waals surface area contributed by atoms with Crippen molar-refractivity contribution in [3.63, 3.8) is 0 Å². The van der Waals surface area contributed by atoms with Gasteiger partial charge >= 0.3 is 0 Å². The van der Waals surface area contributed by atoms with Crippen LogP contribution in [0.4, 0.5) is 0 Å². The zero-order valence-electron chi connectivity index (χ0n) is 11.2. The van der Waals surface area contributed by atoms with E-state index in [1.807, 2.05) is 36.4 Å². The van der Waals surface area contributed by atoms with E-state index in [-0.39, 0.29) is 11.6 Å². The van der Waals surface area contributed by atoms with Gasteiger partial charge in [0.15, 0.2) is 5.78 Å². The normalized spacial score (nSPS) is 10.3. The molecular formula is C18H13NO2. The van der Waals surface area contributed by atoms with Crippen LogP contribution < -0.4 is 0 Å². The molecule has 0 unspecified atom stereocenters. The lowest BCUT2D eigenvalue weighted by atomic mass is 10.0. The van der Waals surface area contributed by atoms with E-state index in [2.05, 4.69) is 4.98 Å². The average molecular weight is 275 g/mol. The van der Waals surface area contributed by atoms with E-state index in [4.69, 9.17) is 0 Å². The van der Waals surface area contributed by atoms with Gasteiger partial charge in [0.2, 0.25) is 5.78 Å². The standard InChI is InChI=1S/C18H13NO2/c20-17(13-7-3-1-4-8-13)15-11-16(19-12-15)18(21)14-9-5-2-6-10-14/h1-12,19H. The van der Waals surface area contributed by atoms with Crippen LogP contribution in [0, 0.1) is 0 Å². The number of aromatic amines is 1. The van der Waals surface area contributed by atoms with Crippen LogP contribution in [-0.2, 0) is 0 Å². The van der Waals surface area contributed by atoms with Gasteiger partial charge in [0.1, 0.15) is 0 Å². The highest BCUT2D eigenvalue weighted by Gasteiger charge is 2.15. The van der Waals surface area contributed by atoms with E-state index in [0.29, 0.717) is 22.4 Å². The second-order valence-corrected chi connectivity index (χ2v) is 4.69. The first-order chi connectivity index (χ1) is 10.3. The molecule has 0 saturated carbocycles. The maximum absolute atomic E-state index is 12.3. The predicted molar refractivity (Wildman–Crippen MR) is 80.5 cm³/mol. The van der Waals surface area contributed by atoms with Crippen molar-refractivity contribution < 1.29 is 9.59 Å². The Labute approximate surface area is 122 Å². The third-order valence-electron chi connectivity index (χ3n) is 3.26. The number of ketones is 2. The van der Waals surface area contributed by atoms with Gasteiger partial charge in [-0.25, -0.2) is 0 Å². The topological polar surface area (TPSA) is 49.9 Å². The molecule has 1 aromatic heterocycles. The minimum Gasteiger partial charge on any atom is -0.358 e. The van der Waals surface area contributed by atoms with Crippen LogP contribution in [0.15, 0.2) is 72.9 Å². The van der Waals surface area contributed by atoms with E-state index in [1.165, 1.54) is 0 Å². The van der Waals surface area contributed by atoms with Gasteiger partial charge in [-0.3, -0.25) is 9.59 Å². The van der Waals surface area contributed by atoms with Crippen molar-refractivity contribution >= 4 is 11.6 Å². The van der Waals surface area contributed by atoms with Gasteiger partial charge in [-0.15, -0.1) is 0 Å². The third-order valence-corrected chi connectivity index (χ3v) is 3.26. The number of hydrogen-bond donors (Lipinski definition) is 1. The summed E-state index contributed by atoms with van der Waals surface area (Å²) in [5, 5.41) is 0. The summed E-state index contributed by atoms with van der Waals surface area (Å²) in [5.74, 6) is -0.221. The fraction of sp³-hybridized carbons (Fsp3) is 0. The van der Waals surface area contributed by atoms with Crippen molar-refractivity contribution in [3.05, 3.63) is 95.3 Å². The summed E-state index contributed by atoms with van der Waals surface area (Å²) >= 11 is 0. The lowest BCUT2D eigenvalue weighted by Crippen LogP contribution is -2.01. The maximum atomic E-state index is 12.3. The number of carbonyl (C=O) groups is 2. The van der Waals surface area contributed by atoms with E-state index in [1.54, 1.807) is 36.5 Å². The van der Waals surface area contributed by atoms with Crippen molar-refractivity contribution in [2.75, 3.05) is 0 Å². The molecule has 3 heteroatoms. The Kier molecular flexibility index (Phi) is 3.48. The largest absolute Gasteiger partial charge is 0.358 e. The molecule has 1 heterocycles. The summed E-state index contributed by atoms with van der Waals surface area (Å²) in [4.78, 5) is 27.4. The number of carbonyl (C=O) groups excluding carboxylic acids is 2. The van der Waals surface area contributed by atoms with Gasteiger partial charge in [0.05, 0.1) is 5.69 Å². The van der Waals surface area contributed by atoms with Crippen LogP contribution in [0.25, 0.3) is 0 Å². The molecule has 0 fully saturated rings. The fourth-order valence-electron chi connectivity index (χ4n) is 2.16. The molecule has 0 spiro atoms. The minimum absolute atomic E-state index is 0.0982. The molecule has 3 rings (SSSR count). The highest BCUT2D eigenvalue weighted by atomic mass is 16.1. The van der Waals surface area contributed by atoms with Crippen molar-refractivity contribution in [3.8, 4) is 0 Å². The predicted octanol–water partition coefficient (Wildman–Crippen LogP) is 3.48. The molecule has 2 aromatic carbocycles. The van der Waals surface area contributed by atoms with Crippen LogP contribution in [0.2, 0.25) is 0 Å². The van der Waals surface area contributed by atoms with Gasteiger partial charge in [-0.1, -0.05) is 60.7 Å². The molecule has 0 radical (unpaired) electrons. The van der Waals surface area contributed by atoms with E-state index in [0.717, 1.165) is 0 Å². The van der Waals surface area contributed by atoms with E-state index in [9.17, 15) is 9.59 Å². The molecule has 0 aliphatic heterocycles. The lowest BCUT2D eigenvalue weighted by molar-refractivity contribution is 0.103. The molecule has 0 amide bonds. The number of H-pyrrole nitrogens is 1. The van der Waals surface area contributed by atoms with Crippen molar-refractivity contribution in [2.24, 2.45) is 0 Å². The Morgan fingerprint density at radius 2 is 1.19 bits per heavy atom. The summed E-state index contributed by atoms with van der Waals surface area (Å²) in [6, 6.07) is 19.6. The van der Waals surface area contributed by atoms with Crippen LogP contribution in [0.5, 0.6) is 0 Å². The molecule has 0 aliphatic carbocycles. The number of rotatable bonds is 4. The summed E-state index contributed by atoms with van der Waals surface area (Å²) < 4.78 is 0. The van der Waals surface area contributed by atoms with Crippen LogP contribution >= 0.6 is 0 Å². The van der Waals surface area contributed by atoms with Gasteiger partial charge in [-0.05, 0) is 6.07 Å². The number of aromatic nitrogens is 1. The Morgan fingerprint density at radius 3 is 1.76 bits per heavy atom. The molecule has 0 bridgehead atoms. The molecule has 3 nitrogen and oxygen atoms in total. The molecule has 3 aromatic rings. The zero-order chi connectivity index (χ0) is 14.7. The fourth-order valence-corrected chi connectivity index (χ4v) is 2.16. The highest BCUT2D eigenvalue weighted by Crippen LogP contribution is 2.14. The third kappa shape index (κ3) is 2.67. The summed E-state index contributed by atoms with van der Waals surface area (Å²) in [6.07, 6.45) is 1.57. The molecule has 0 saturated heterocycles. The Balaban J connectivity index is 1.87. The van der Waals surface area contributed by atoms with Crippen LogP contribution in [0.1, 0.15) is 32.0 Å². The van der Waals surface area contributed by atoms with Crippen LogP contribution in [-0.4, -0.2) is 16.6 Å². The number of hydrogen-bond acceptors (Lipinski definition) is 2. The Hall–Kier alpha value is -2.94. The first-order valence-corrected chi connectivity index (χ1v) is 6.63. The summed E-state index contributed by atoms with van der Waals surface area (Å²) in [7, 11) is 0. The van der Waals surface area contributed by atoms with E-state index < -0.39 is 0 Å². The van der Waals surface area contributed by atoms with Gasteiger partial charge in [0, 0.05) is 22.9 Å². The van der Waals surface area contributed by atoms with Crippen molar-refractivity contribution in [1.29, 1.82) is 0 Å². The number of nitrogens with one attached hydrogen (secondary N) is 1. The summed E-state index contributed by atoms with van der Waals surface area (Å²) in [5.41, 5.74) is 2.11. The van der Waals surface area contributed by atoms with Gasteiger partial charge in [0.25, 0.3) is 0 Å². The Bertz CT molecular complexity index is 707. The monoisotopic (exact) mass is 275 g/mol. The van der Waals surface area contributed by atoms with Gasteiger partial charge < -0.3 is 4.98 Å². The first kappa shape index (κ1) is 13.1. The first-order valence-electron chi connectivity index (χ1n) is 6.63. The minimum atomic E-state index is -0.122. The Morgan fingerprint density at radius 1 is 0.667 bits per heavy atom. The smallest absolute Gasteiger partial charge is 0.209 e. The average Bonchev–Trinajstić information content (AvgIpc) is 3.05. The SMILES string of the molecule is O=C(c1ccccc1)c1c[nH]c(C(=O)c2ccccc2)c1. The quantitative estimate of drug-likeness (QED) is 0.741. The molecular weight excluding hydrogens is 262 g/mol. The molecule has 0 atom stereocenters. The van der Waals surface area contributed by atoms with E-state index >= 15 is 0 Å². The molecule has 1 N–H and O–H groups in total. The summed E-state index contributed by atoms with van der Waals surface area (Å²) in [6.45, 7) is 0. The lowest BCUT2D eigenvalue weighted by Gasteiger charge is -1.97. The molecule has 102 valence electrons. The number of benzene rings is 2. The maximum Gasteiger partial charge on any atom is 0.209 e. The molecule has 0 aliphatic rings. The van der Waals surface area contributed by atoms with Crippen LogP contribution in [0.3, 0.4) is 0 Å². The highest BCUT2D eigenvalue weighted by molar-refractivity contribution is 6.12. The zero-order valence-corrected chi connectivity index (χ0v) is 11.2. The van der Waals surface area contributed by atoms with Crippen molar-refractivity contribution in [1.82, 2.24) is 4.98 Å². The van der Waals surface area contributed by atoms with Crippen molar-refractivity contribution in [2.45, 2.75) is 0 Å². The molecule has 21 heavy (non-hydrogen) atoms. The van der Waals surface area contributed by atoms with Gasteiger partial charge in [-0.2, -0.15) is 0 Å². The second-order valence-electron chi connectivity index (χ2n) is 4.69.